The van der Waals surface area contributed by atoms with Gasteiger partial charge in [-0.25, -0.2) is 13.9 Å². The van der Waals surface area contributed by atoms with Crippen LogP contribution >= 0.6 is 0 Å². The quantitative estimate of drug-likeness (QED) is 0.737. The molecule has 2 aromatic heterocycles. The minimum absolute atomic E-state index is 0.350. The van der Waals surface area contributed by atoms with Crippen LogP contribution in [-0.4, -0.2) is 38.5 Å². The Morgan fingerprint density at radius 3 is 2.77 bits per heavy atom. The molecule has 0 aliphatic carbocycles. The smallest absolute Gasteiger partial charge is 0.261 e. The van der Waals surface area contributed by atoms with Gasteiger partial charge in [-0.1, -0.05) is 19.9 Å². The third-order valence-electron chi connectivity index (χ3n) is 4.40. The average Bonchev–Trinajstić information content (AvgIpc) is 3.06. The minimum atomic E-state index is -0.398. The minimum Gasteiger partial charge on any atom is -0.321 e. The fourth-order valence-electron chi connectivity index (χ4n) is 2.78. The zero-order valence-corrected chi connectivity index (χ0v) is 15.2. The molecule has 0 radical (unpaired) electrons. The number of carbonyl (C=O) groups is 1. The molecule has 1 amide bonds. The van der Waals surface area contributed by atoms with Crippen LogP contribution in [0.15, 0.2) is 36.8 Å². The topological polar surface area (TPSA) is 62.5 Å². The van der Waals surface area contributed by atoms with Crippen LogP contribution in [-0.2, 0) is 6.54 Å². The van der Waals surface area contributed by atoms with Gasteiger partial charge in [-0.3, -0.25) is 9.69 Å². The predicted octanol–water partition coefficient (Wildman–Crippen LogP) is 3.27. The van der Waals surface area contributed by atoms with Gasteiger partial charge in [0.05, 0.1) is 6.20 Å². The standard InChI is InChI=1S/C19H22FN5O/c1-4-24(5-2)11-14-9-21-18-16(10-22-25(18)12-14)19(26)23-17-8-15(20)7-6-13(17)3/h6-10,12H,4-5,11H2,1-3H3,(H,23,26). The molecule has 1 aromatic carbocycles. The molecule has 0 saturated carbocycles. The number of halogens is 1. The molecule has 7 heteroatoms. The molecule has 3 rings (SSSR count). The Balaban J connectivity index is 1.84. The van der Waals surface area contributed by atoms with Gasteiger partial charge in [-0.2, -0.15) is 5.10 Å². The SMILES string of the molecule is CCN(CC)Cc1cnc2c(C(=O)Nc3cc(F)ccc3C)cnn2c1. The lowest BCUT2D eigenvalue weighted by molar-refractivity contribution is 0.102. The summed E-state index contributed by atoms with van der Waals surface area (Å²) in [5.41, 5.74) is 3.07. The fraction of sp³-hybridized carbons (Fsp3) is 0.316. The number of aromatic nitrogens is 3. The van der Waals surface area contributed by atoms with Gasteiger partial charge in [0.25, 0.3) is 5.91 Å². The molecular formula is C19H22FN5O. The number of hydrogen-bond donors (Lipinski definition) is 1. The number of rotatable bonds is 6. The van der Waals surface area contributed by atoms with E-state index in [1.54, 1.807) is 16.8 Å². The first-order valence-electron chi connectivity index (χ1n) is 8.64. The lowest BCUT2D eigenvalue weighted by Crippen LogP contribution is -2.22. The van der Waals surface area contributed by atoms with Gasteiger partial charge in [0.15, 0.2) is 5.65 Å². The molecule has 0 unspecified atom stereocenters. The Bertz CT molecular complexity index is 933. The Hall–Kier alpha value is -2.80. The molecule has 2 heterocycles. The van der Waals surface area contributed by atoms with Crippen molar-refractivity contribution in [1.82, 2.24) is 19.5 Å². The molecule has 3 aromatic rings. The van der Waals surface area contributed by atoms with Gasteiger partial charge in [0.2, 0.25) is 0 Å². The summed E-state index contributed by atoms with van der Waals surface area (Å²) in [6.45, 7) is 8.71. The third kappa shape index (κ3) is 3.72. The number of carbonyl (C=O) groups excluding carboxylic acids is 1. The van der Waals surface area contributed by atoms with Crippen LogP contribution in [0.5, 0.6) is 0 Å². The van der Waals surface area contributed by atoms with Gasteiger partial charge >= 0.3 is 0 Å². The Morgan fingerprint density at radius 1 is 1.27 bits per heavy atom. The van der Waals surface area contributed by atoms with E-state index in [9.17, 15) is 9.18 Å². The molecule has 0 spiro atoms. The van der Waals surface area contributed by atoms with E-state index in [0.717, 1.165) is 30.8 Å². The van der Waals surface area contributed by atoms with E-state index in [4.69, 9.17) is 0 Å². The Kier molecular flexibility index (Phi) is 5.27. The number of hydrogen-bond acceptors (Lipinski definition) is 4. The van der Waals surface area contributed by atoms with E-state index in [0.29, 0.717) is 16.9 Å². The largest absolute Gasteiger partial charge is 0.321 e. The molecule has 0 atom stereocenters. The zero-order chi connectivity index (χ0) is 18.7. The number of nitrogens with one attached hydrogen (secondary N) is 1. The van der Waals surface area contributed by atoms with Crippen LogP contribution in [0.3, 0.4) is 0 Å². The number of aryl methyl sites for hydroxylation is 1. The van der Waals surface area contributed by atoms with Crippen LogP contribution in [0, 0.1) is 12.7 Å². The first-order valence-corrected chi connectivity index (χ1v) is 8.64. The Labute approximate surface area is 151 Å². The highest BCUT2D eigenvalue weighted by Gasteiger charge is 2.16. The van der Waals surface area contributed by atoms with Gasteiger partial charge in [-0.05, 0) is 37.7 Å². The van der Waals surface area contributed by atoms with E-state index in [-0.39, 0.29) is 5.91 Å². The maximum absolute atomic E-state index is 13.4. The van der Waals surface area contributed by atoms with Crippen LogP contribution in [0.1, 0.15) is 35.3 Å². The van der Waals surface area contributed by atoms with E-state index in [1.165, 1.54) is 18.3 Å². The van der Waals surface area contributed by atoms with Crippen molar-refractivity contribution in [3.8, 4) is 0 Å². The summed E-state index contributed by atoms with van der Waals surface area (Å²) < 4.78 is 15.0. The number of anilines is 1. The van der Waals surface area contributed by atoms with Gasteiger partial charge in [0, 0.05) is 30.2 Å². The molecule has 0 aliphatic heterocycles. The molecule has 1 N–H and O–H groups in total. The Morgan fingerprint density at radius 2 is 2.04 bits per heavy atom. The highest BCUT2D eigenvalue weighted by atomic mass is 19.1. The second-order valence-corrected chi connectivity index (χ2v) is 6.16. The number of nitrogens with zero attached hydrogens (tertiary/aromatic N) is 4. The van der Waals surface area contributed by atoms with Crippen molar-refractivity contribution < 1.29 is 9.18 Å². The van der Waals surface area contributed by atoms with Gasteiger partial charge in [-0.15, -0.1) is 0 Å². The van der Waals surface area contributed by atoms with E-state index >= 15 is 0 Å². The van der Waals surface area contributed by atoms with Crippen molar-refractivity contribution >= 4 is 17.2 Å². The van der Waals surface area contributed by atoms with Crippen LogP contribution in [0.2, 0.25) is 0 Å². The summed E-state index contributed by atoms with van der Waals surface area (Å²) in [7, 11) is 0. The number of benzene rings is 1. The maximum Gasteiger partial charge on any atom is 0.261 e. The summed E-state index contributed by atoms with van der Waals surface area (Å²) in [4.78, 5) is 19.2. The summed E-state index contributed by atoms with van der Waals surface area (Å²) in [5.74, 6) is -0.761. The second-order valence-electron chi connectivity index (χ2n) is 6.16. The molecule has 6 nitrogen and oxygen atoms in total. The van der Waals surface area contributed by atoms with Crippen molar-refractivity contribution in [3.63, 3.8) is 0 Å². The fourth-order valence-corrected chi connectivity index (χ4v) is 2.78. The molecule has 0 aliphatic rings. The van der Waals surface area contributed by atoms with Crippen molar-refractivity contribution in [2.75, 3.05) is 18.4 Å². The zero-order valence-electron chi connectivity index (χ0n) is 15.2. The first kappa shape index (κ1) is 18.0. The van der Waals surface area contributed by atoms with Crippen LogP contribution < -0.4 is 5.32 Å². The molecule has 0 saturated heterocycles. The monoisotopic (exact) mass is 355 g/mol. The normalized spacial score (nSPS) is 11.3. The summed E-state index contributed by atoms with van der Waals surface area (Å²) >= 11 is 0. The van der Waals surface area contributed by atoms with Gasteiger partial charge < -0.3 is 5.32 Å². The van der Waals surface area contributed by atoms with E-state index in [1.807, 2.05) is 13.1 Å². The molecule has 136 valence electrons. The van der Waals surface area contributed by atoms with Crippen LogP contribution in [0.25, 0.3) is 5.65 Å². The van der Waals surface area contributed by atoms with Crippen molar-refractivity contribution in [1.29, 1.82) is 0 Å². The lowest BCUT2D eigenvalue weighted by Gasteiger charge is -2.17. The predicted molar refractivity (Wildman–Crippen MR) is 98.7 cm³/mol. The lowest BCUT2D eigenvalue weighted by atomic mass is 10.2. The summed E-state index contributed by atoms with van der Waals surface area (Å²) in [6, 6.07) is 4.28. The van der Waals surface area contributed by atoms with Crippen molar-refractivity contribution in [2.24, 2.45) is 0 Å². The first-order chi connectivity index (χ1) is 12.5. The van der Waals surface area contributed by atoms with E-state index in [2.05, 4.69) is 34.1 Å². The third-order valence-corrected chi connectivity index (χ3v) is 4.40. The van der Waals surface area contributed by atoms with Crippen molar-refractivity contribution in [2.45, 2.75) is 27.3 Å². The van der Waals surface area contributed by atoms with Gasteiger partial charge in [0.1, 0.15) is 11.4 Å². The second kappa shape index (κ2) is 7.61. The number of amides is 1. The van der Waals surface area contributed by atoms with E-state index < -0.39 is 5.82 Å². The molecule has 0 bridgehead atoms. The number of fused-ring (bicyclic) bond motifs is 1. The molecule has 26 heavy (non-hydrogen) atoms. The summed E-state index contributed by atoms with van der Waals surface area (Å²) in [5, 5.41) is 6.97. The molecular weight excluding hydrogens is 333 g/mol. The molecule has 0 fully saturated rings. The highest BCUT2D eigenvalue weighted by Crippen LogP contribution is 2.18. The van der Waals surface area contributed by atoms with Crippen LogP contribution in [0.4, 0.5) is 10.1 Å². The maximum atomic E-state index is 13.4. The highest BCUT2D eigenvalue weighted by molar-refractivity contribution is 6.08. The average molecular weight is 355 g/mol. The summed E-state index contributed by atoms with van der Waals surface area (Å²) in [6.07, 6.45) is 5.12. The van der Waals surface area contributed by atoms with Crippen molar-refractivity contribution in [3.05, 3.63) is 59.3 Å².